The predicted molar refractivity (Wildman–Crippen MR) is 83.2 cm³/mol. The standard InChI is InChI=1S/C15H21N5.ClH/c16-15-19(11-13-7-3-1-4-8-13)17-18-20(15)12-14-9-5-2-6-10-14;/h1,3-4,7-8,14,16H,2,5-6,9-12H2;1H. The minimum atomic E-state index is 0. The van der Waals surface area contributed by atoms with Crippen molar-refractivity contribution in [2.75, 3.05) is 0 Å². The highest BCUT2D eigenvalue weighted by Crippen LogP contribution is 2.24. The molecule has 1 saturated carbocycles. The Morgan fingerprint density at radius 3 is 2.38 bits per heavy atom. The van der Waals surface area contributed by atoms with Gasteiger partial charge < -0.3 is 0 Å². The molecular weight excluding hydrogens is 286 g/mol. The molecule has 2 aromatic rings. The molecule has 0 spiro atoms. The first-order chi connectivity index (χ1) is 9.83. The van der Waals surface area contributed by atoms with Crippen LogP contribution in [0.2, 0.25) is 0 Å². The molecule has 1 aromatic carbocycles. The quantitative estimate of drug-likeness (QED) is 0.944. The minimum absolute atomic E-state index is 0. The Labute approximate surface area is 130 Å². The molecule has 0 bridgehead atoms. The van der Waals surface area contributed by atoms with Gasteiger partial charge in [-0.2, -0.15) is 0 Å². The summed E-state index contributed by atoms with van der Waals surface area (Å²) in [6, 6.07) is 10.1. The lowest BCUT2D eigenvalue weighted by Gasteiger charge is -2.20. The highest BCUT2D eigenvalue weighted by molar-refractivity contribution is 5.85. The second kappa shape index (κ2) is 7.41. The molecule has 0 unspecified atom stereocenters. The Hall–Kier alpha value is -1.62. The van der Waals surface area contributed by atoms with Crippen LogP contribution in [0.15, 0.2) is 30.3 Å². The summed E-state index contributed by atoms with van der Waals surface area (Å²) in [5, 5.41) is 16.5. The van der Waals surface area contributed by atoms with Crippen LogP contribution in [-0.4, -0.2) is 19.8 Å². The first kappa shape index (κ1) is 15.8. The van der Waals surface area contributed by atoms with E-state index < -0.39 is 0 Å². The first-order valence-corrected chi connectivity index (χ1v) is 7.42. The van der Waals surface area contributed by atoms with Gasteiger partial charge in [0.05, 0.1) is 6.54 Å². The van der Waals surface area contributed by atoms with Crippen molar-refractivity contribution in [1.82, 2.24) is 19.8 Å². The van der Waals surface area contributed by atoms with Crippen molar-refractivity contribution in [3.05, 3.63) is 41.5 Å². The summed E-state index contributed by atoms with van der Waals surface area (Å²) in [7, 11) is 0. The van der Waals surface area contributed by atoms with E-state index in [1.54, 1.807) is 9.36 Å². The highest BCUT2D eigenvalue weighted by Gasteiger charge is 2.15. The molecule has 1 aliphatic carbocycles. The molecule has 0 atom stereocenters. The molecule has 1 heterocycles. The van der Waals surface area contributed by atoms with Crippen molar-refractivity contribution in [3.63, 3.8) is 0 Å². The Balaban J connectivity index is 0.00000161. The first-order valence-electron chi connectivity index (χ1n) is 7.42. The number of hydrogen-bond acceptors (Lipinski definition) is 3. The molecule has 1 fully saturated rings. The van der Waals surface area contributed by atoms with Crippen molar-refractivity contribution >= 4 is 12.4 Å². The van der Waals surface area contributed by atoms with Crippen molar-refractivity contribution in [2.24, 2.45) is 5.92 Å². The Morgan fingerprint density at radius 2 is 1.67 bits per heavy atom. The Kier molecular flexibility index (Phi) is 5.56. The summed E-state index contributed by atoms with van der Waals surface area (Å²) >= 11 is 0. The van der Waals surface area contributed by atoms with E-state index in [9.17, 15) is 0 Å². The largest absolute Gasteiger partial charge is 0.266 e. The fourth-order valence-electron chi connectivity index (χ4n) is 2.91. The van der Waals surface area contributed by atoms with Gasteiger partial charge in [0.2, 0.25) is 5.62 Å². The second-order valence-corrected chi connectivity index (χ2v) is 5.63. The fraction of sp³-hybridized carbons (Fsp3) is 0.533. The molecule has 0 amide bonds. The number of nitrogens with one attached hydrogen (secondary N) is 1. The lowest BCUT2D eigenvalue weighted by atomic mass is 9.89. The van der Waals surface area contributed by atoms with Gasteiger partial charge >= 0.3 is 0 Å². The van der Waals surface area contributed by atoms with Crippen molar-refractivity contribution in [2.45, 2.75) is 45.2 Å². The average molecular weight is 308 g/mol. The molecule has 3 rings (SSSR count). The third-order valence-corrected chi connectivity index (χ3v) is 4.08. The molecule has 6 heteroatoms. The van der Waals surface area contributed by atoms with E-state index in [1.165, 1.54) is 32.1 Å². The summed E-state index contributed by atoms with van der Waals surface area (Å²) in [5.41, 5.74) is 1.55. The minimum Gasteiger partial charge on any atom is -0.266 e. The van der Waals surface area contributed by atoms with Crippen LogP contribution < -0.4 is 5.62 Å². The van der Waals surface area contributed by atoms with Crippen LogP contribution in [0.4, 0.5) is 0 Å². The van der Waals surface area contributed by atoms with Crippen LogP contribution in [0, 0.1) is 11.3 Å². The molecule has 5 nitrogen and oxygen atoms in total. The molecule has 0 radical (unpaired) electrons. The number of halogens is 1. The molecule has 1 aliphatic rings. The molecular formula is C15H22ClN5. The second-order valence-electron chi connectivity index (χ2n) is 5.63. The predicted octanol–water partition coefficient (Wildman–Crippen LogP) is 2.61. The monoisotopic (exact) mass is 307 g/mol. The normalized spacial score (nSPS) is 15.6. The lowest BCUT2D eigenvalue weighted by molar-refractivity contribution is 0.300. The number of aromatic nitrogens is 4. The summed E-state index contributed by atoms with van der Waals surface area (Å²) in [4.78, 5) is 0. The van der Waals surface area contributed by atoms with Gasteiger partial charge in [0.1, 0.15) is 0 Å². The van der Waals surface area contributed by atoms with Crippen LogP contribution in [0.3, 0.4) is 0 Å². The van der Waals surface area contributed by atoms with Gasteiger partial charge in [-0.25, -0.2) is 9.36 Å². The van der Waals surface area contributed by atoms with E-state index in [-0.39, 0.29) is 12.4 Å². The third-order valence-electron chi connectivity index (χ3n) is 4.08. The summed E-state index contributed by atoms with van der Waals surface area (Å²) in [6.45, 7) is 1.46. The smallest absolute Gasteiger partial charge is 0.238 e. The zero-order valence-electron chi connectivity index (χ0n) is 12.1. The maximum absolute atomic E-state index is 8.20. The number of rotatable bonds is 4. The van der Waals surface area contributed by atoms with Crippen molar-refractivity contribution < 1.29 is 0 Å². The van der Waals surface area contributed by atoms with Gasteiger partial charge in [0, 0.05) is 6.54 Å². The summed E-state index contributed by atoms with van der Waals surface area (Å²) in [6.07, 6.45) is 6.51. The van der Waals surface area contributed by atoms with Gasteiger partial charge in [-0.3, -0.25) is 5.41 Å². The van der Waals surface area contributed by atoms with Crippen LogP contribution in [0.5, 0.6) is 0 Å². The Morgan fingerprint density at radius 1 is 1.00 bits per heavy atom. The van der Waals surface area contributed by atoms with E-state index in [2.05, 4.69) is 10.4 Å². The van der Waals surface area contributed by atoms with Gasteiger partial charge in [-0.15, -0.1) is 12.4 Å². The van der Waals surface area contributed by atoms with Crippen molar-refractivity contribution in [1.29, 1.82) is 5.41 Å². The molecule has 114 valence electrons. The van der Waals surface area contributed by atoms with Gasteiger partial charge in [-0.05, 0) is 34.7 Å². The highest BCUT2D eigenvalue weighted by atomic mass is 35.5. The number of nitrogens with zero attached hydrogens (tertiary/aromatic N) is 4. The van der Waals surface area contributed by atoms with Crippen LogP contribution in [0.1, 0.15) is 37.7 Å². The van der Waals surface area contributed by atoms with E-state index in [0.29, 0.717) is 18.1 Å². The zero-order chi connectivity index (χ0) is 13.8. The lowest BCUT2D eigenvalue weighted by Crippen LogP contribution is -2.29. The van der Waals surface area contributed by atoms with E-state index in [0.717, 1.165) is 12.1 Å². The Bertz CT molecular complexity index is 598. The maximum Gasteiger partial charge on any atom is 0.238 e. The van der Waals surface area contributed by atoms with Crippen molar-refractivity contribution in [3.8, 4) is 0 Å². The zero-order valence-corrected chi connectivity index (χ0v) is 12.9. The van der Waals surface area contributed by atoms with Gasteiger partial charge in [0.25, 0.3) is 0 Å². The molecule has 1 aromatic heterocycles. The van der Waals surface area contributed by atoms with Crippen LogP contribution >= 0.6 is 12.4 Å². The number of tetrazole rings is 1. The van der Waals surface area contributed by atoms with Crippen LogP contribution in [-0.2, 0) is 13.1 Å². The maximum atomic E-state index is 8.20. The summed E-state index contributed by atoms with van der Waals surface area (Å²) in [5.74, 6) is 0.666. The van der Waals surface area contributed by atoms with E-state index in [1.807, 2.05) is 30.3 Å². The molecule has 0 aliphatic heterocycles. The molecule has 1 N–H and O–H groups in total. The van der Waals surface area contributed by atoms with E-state index in [4.69, 9.17) is 5.41 Å². The SMILES string of the molecule is Cl.N=c1n(Cc2ccccc2)nnn1CC1CCCCC1. The average Bonchev–Trinajstić information content (AvgIpc) is 2.83. The van der Waals surface area contributed by atoms with Gasteiger partial charge in [0.15, 0.2) is 0 Å². The molecule has 21 heavy (non-hydrogen) atoms. The number of hydrogen-bond donors (Lipinski definition) is 1. The topological polar surface area (TPSA) is 59.5 Å². The number of benzene rings is 1. The third kappa shape index (κ3) is 3.94. The fourth-order valence-corrected chi connectivity index (χ4v) is 2.91. The van der Waals surface area contributed by atoms with E-state index >= 15 is 0 Å². The van der Waals surface area contributed by atoms with Gasteiger partial charge in [-0.1, -0.05) is 49.6 Å². The van der Waals surface area contributed by atoms with Crippen LogP contribution in [0.25, 0.3) is 0 Å². The summed E-state index contributed by atoms with van der Waals surface area (Å²) < 4.78 is 3.41. The molecule has 0 saturated heterocycles.